The molecule has 0 aliphatic carbocycles. The number of hydrogen-bond acceptors (Lipinski definition) is 4. The number of rotatable bonds is 3. The normalized spacial score (nSPS) is 9.33. The molecule has 0 fully saturated rings. The minimum absolute atomic E-state index is 0.247. The average Bonchev–Trinajstić information content (AvgIpc) is 2.17. The molecule has 0 saturated carbocycles. The predicted octanol–water partition coefficient (Wildman–Crippen LogP) is 1.83. The molecule has 15 heavy (non-hydrogen) atoms. The van der Waals surface area contributed by atoms with Crippen molar-refractivity contribution < 1.29 is 14.1 Å². The highest BCUT2D eigenvalue weighted by molar-refractivity contribution is 6.00. The molecule has 76 valence electrons. The van der Waals surface area contributed by atoms with Crippen LogP contribution in [0.25, 0.3) is 0 Å². The molecule has 0 amide bonds. The van der Waals surface area contributed by atoms with E-state index in [0.717, 1.165) is 12.1 Å². The summed E-state index contributed by atoms with van der Waals surface area (Å²) in [5.74, 6) is -1.49. The van der Waals surface area contributed by atoms with E-state index in [-0.39, 0.29) is 5.56 Å². The molecule has 0 aliphatic heterocycles. The topological polar surface area (TPSA) is 84.0 Å². The van der Waals surface area contributed by atoms with Gasteiger partial charge in [-0.05, 0) is 12.1 Å². The first-order valence-corrected chi connectivity index (χ1v) is 3.90. The zero-order valence-corrected chi connectivity index (χ0v) is 7.44. The number of hydrogen-bond donors (Lipinski definition) is 0. The van der Waals surface area contributed by atoms with E-state index in [2.05, 4.69) is 0 Å². The van der Waals surface area contributed by atoms with Gasteiger partial charge in [-0.1, -0.05) is 0 Å². The second kappa shape index (κ2) is 4.28. The quantitative estimate of drug-likeness (QED) is 0.431. The van der Waals surface area contributed by atoms with Crippen molar-refractivity contribution in [3.05, 3.63) is 39.7 Å². The van der Waals surface area contributed by atoms with Crippen LogP contribution in [0.4, 0.5) is 10.1 Å². The van der Waals surface area contributed by atoms with Gasteiger partial charge in [0.25, 0.3) is 5.69 Å². The van der Waals surface area contributed by atoms with Crippen molar-refractivity contribution in [2.75, 3.05) is 0 Å². The van der Waals surface area contributed by atoms with E-state index >= 15 is 0 Å². The van der Waals surface area contributed by atoms with E-state index in [4.69, 9.17) is 5.26 Å². The maximum atomic E-state index is 12.7. The Morgan fingerprint density at radius 3 is 2.80 bits per heavy atom. The van der Waals surface area contributed by atoms with Crippen LogP contribution in [0.5, 0.6) is 0 Å². The first-order chi connectivity index (χ1) is 7.06. The molecular weight excluding hydrogens is 203 g/mol. The van der Waals surface area contributed by atoms with Crippen LogP contribution in [-0.4, -0.2) is 10.7 Å². The first-order valence-electron chi connectivity index (χ1n) is 3.90. The summed E-state index contributed by atoms with van der Waals surface area (Å²) in [4.78, 5) is 20.9. The van der Waals surface area contributed by atoms with Gasteiger partial charge in [-0.2, -0.15) is 5.26 Å². The van der Waals surface area contributed by atoms with Crippen LogP contribution in [0, 0.1) is 27.3 Å². The molecule has 1 aromatic carbocycles. The lowest BCUT2D eigenvalue weighted by Gasteiger charge is -1.98. The highest BCUT2D eigenvalue weighted by Crippen LogP contribution is 2.20. The Labute approximate surface area is 83.9 Å². The fourth-order valence-electron chi connectivity index (χ4n) is 1.06. The number of halogens is 1. The number of nitriles is 1. The average molecular weight is 208 g/mol. The molecule has 0 heterocycles. The monoisotopic (exact) mass is 208 g/mol. The molecule has 0 aliphatic rings. The third-order valence-corrected chi connectivity index (χ3v) is 1.70. The lowest BCUT2D eigenvalue weighted by atomic mass is 10.1. The maximum Gasteiger partial charge on any atom is 0.283 e. The summed E-state index contributed by atoms with van der Waals surface area (Å²) >= 11 is 0. The summed E-state index contributed by atoms with van der Waals surface area (Å²) in [5.41, 5.74) is -0.863. The van der Waals surface area contributed by atoms with Crippen LogP contribution in [0.15, 0.2) is 18.2 Å². The van der Waals surface area contributed by atoms with Crippen molar-refractivity contribution in [1.29, 1.82) is 5.26 Å². The molecule has 6 heteroatoms. The van der Waals surface area contributed by atoms with Crippen molar-refractivity contribution >= 4 is 11.5 Å². The number of Topliss-reactive ketones (excluding diaryl/α,β-unsaturated/α-hetero) is 1. The summed E-state index contributed by atoms with van der Waals surface area (Å²) in [6.07, 6.45) is -0.466. The minimum atomic E-state index is -0.853. The Morgan fingerprint density at radius 1 is 1.60 bits per heavy atom. The number of carbonyl (C=O) groups is 1. The smallest absolute Gasteiger partial charge is 0.283 e. The van der Waals surface area contributed by atoms with Gasteiger partial charge in [0.05, 0.1) is 29.0 Å². The molecular formula is C9H5FN2O3. The molecule has 0 aromatic heterocycles. The van der Waals surface area contributed by atoms with Gasteiger partial charge in [-0.15, -0.1) is 0 Å². The summed E-state index contributed by atoms with van der Waals surface area (Å²) in [6, 6.07) is 4.19. The summed E-state index contributed by atoms with van der Waals surface area (Å²) in [7, 11) is 0. The number of nitro benzene ring substituents is 1. The van der Waals surface area contributed by atoms with Crippen molar-refractivity contribution in [1.82, 2.24) is 0 Å². The summed E-state index contributed by atoms with van der Waals surface area (Å²) < 4.78 is 12.7. The summed E-state index contributed by atoms with van der Waals surface area (Å²) in [5, 5.41) is 18.8. The molecule has 0 radical (unpaired) electrons. The third kappa shape index (κ3) is 2.34. The highest BCUT2D eigenvalue weighted by atomic mass is 19.1. The van der Waals surface area contributed by atoms with Gasteiger partial charge in [0.1, 0.15) is 5.82 Å². The van der Waals surface area contributed by atoms with E-state index in [0.29, 0.717) is 6.07 Å². The zero-order chi connectivity index (χ0) is 11.4. The molecule has 0 saturated heterocycles. The molecule has 1 rings (SSSR count). The van der Waals surface area contributed by atoms with Crippen molar-refractivity contribution in [2.45, 2.75) is 6.42 Å². The van der Waals surface area contributed by atoms with Crippen LogP contribution >= 0.6 is 0 Å². The molecule has 0 unspecified atom stereocenters. The number of ketones is 1. The number of carbonyl (C=O) groups excluding carboxylic acids is 1. The van der Waals surface area contributed by atoms with E-state index < -0.39 is 28.6 Å². The molecule has 0 N–H and O–H groups in total. The van der Waals surface area contributed by atoms with E-state index in [1.807, 2.05) is 0 Å². The maximum absolute atomic E-state index is 12.7. The molecule has 0 spiro atoms. The van der Waals surface area contributed by atoms with Gasteiger partial charge in [0.2, 0.25) is 0 Å². The van der Waals surface area contributed by atoms with Crippen molar-refractivity contribution in [3.8, 4) is 6.07 Å². The second-order valence-corrected chi connectivity index (χ2v) is 2.68. The first kappa shape index (κ1) is 10.8. The Kier molecular flexibility index (Phi) is 3.08. The molecule has 0 atom stereocenters. The van der Waals surface area contributed by atoms with Crippen LogP contribution in [0.1, 0.15) is 16.8 Å². The number of nitro groups is 1. The van der Waals surface area contributed by atoms with Gasteiger partial charge in [0, 0.05) is 0 Å². The Balaban J connectivity index is 3.24. The lowest BCUT2D eigenvalue weighted by molar-refractivity contribution is -0.385. The van der Waals surface area contributed by atoms with Gasteiger partial charge in [-0.25, -0.2) is 4.39 Å². The van der Waals surface area contributed by atoms with Crippen molar-refractivity contribution in [3.63, 3.8) is 0 Å². The highest BCUT2D eigenvalue weighted by Gasteiger charge is 2.20. The van der Waals surface area contributed by atoms with Crippen LogP contribution < -0.4 is 0 Å². The molecule has 1 aromatic rings. The third-order valence-electron chi connectivity index (χ3n) is 1.70. The van der Waals surface area contributed by atoms with E-state index in [9.17, 15) is 19.3 Å². The SMILES string of the molecule is N#CCC(=O)c1ccc(F)cc1[N+](=O)[O-]. The van der Waals surface area contributed by atoms with Gasteiger partial charge in [-0.3, -0.25) is 14.9 Å². The van der Waals surface area contributed by atoms with E-state index in [1.165, 1.54) is 0 Å². The Hall–Kier alpha value is -2.29. The summed E-state index contributed by atoms with van der Waals surface area (Å²) in [6.45, 7) is 0. The van der Waals surface area contributed by atoms with Crippen LogP contribution in [-0.2, 0) is 0 Å². The molecule has 0 bridgehead atoms. The van der Waals surface area contributed by atoms with Crippen LogP contribution in [0.2, 0.25) is 0 Å². The largest absolute Gasteiger partial charge is 0.293 e. The number of nitrogens with zero attached hydrogens (tertiary/aromatic N) is 2. The Bertz CT molecular complexity index is 465. The number of benzene rings is 1. The van der Waals surface area contributed by atoms with Gasteiger partial charge in [0.15, 0.2) is 5.78 Å². The van der Waals surface area contributed by atoms with E-state index in [1.54, 1.807) is 6.07 Å². The van der Waals surface area contributed by atoms with Crippen molar-refractivity contribution in [2.24, 2.45) is 0 Å². The Morgan fingerprint density at radius 2 is 2.27 bits per heavy atom. The molecule has 5 nitrogen and oxygen atoms in total. The fourth-order valence-corrected chi connectivity index (χ4v) is 1.06. The van der Waals surface area contributed by atoms with Crippen LogP contribution in [0.3, 0.4) is 0 Å². The zero-order valence-electron chi connectivity index (χ0n) is 7.44. The van der Waals surface area contributed by atoms with Gasteiger partial charge >= 0.3 is 0 Å². The standard InChI is InChI=1S/C9H5FN2O3/c10-6-1-2-7(9(13)3-4-11)8(5-6)12(14)15/h1-2,5H,3H2. The lowest BCUT2D eigenvalue weighted by Crippen LogP contribution is -2.03. The second-order valence-electron chi connectivity index (χ2n) is 2.68. The van der Waals surface area contributed by atoms with Gasteiger partial charge < -0.3 is 0 Å². The fraction of sp³-hybridized carbons (Fsp3) is 0.111. The minimum Gasteiger partial charge on any atom is -0.293 e. The predicted molar refractivity (Wildman–Crippen MR) is 47.6 cm³/mol.